The van der Waals surface area contributed by atoms with Gasteiger partial charge in [0.1, 0.15) is 5.69 Å². The van der Waals surface area contributed by atoms with E-state index in [-0.39, 0.29) is 17.1 Å². The van der Waals surface area contributed by atoms with Crippen LogP contribution in [0, 0.1) is 17.0 Å². The Morgan fingerprint density at radius 2 is 1.91 bits per heavy atom. The second-order valence-corrected chi connectivity index (χ2v) is 4.56. The van der Waals surface area contributed by atoms with Crippen molar-refractivity contribution in [2.24, 2.45) is 12.8 Å². The molecule has 1 aromatic carbocycles. The Balaban J connectivity index is 2.30. The molecule has 0 fully saturated rings. The zero-order chi connectivity index (χ0) is 16.4. The van der Waals surface area contributed by atoms with Gasteiger partial charge in [-0.1, -0.05) is 0 Å². The van der Waals surface area contributed by atoms with Gasteiger partial charge in [0.15, 0.2) is 0 Å². The van der Waals surface area contributed by atoms with E-state index in [1.54, 1.807) is 0 Å². The summed E-state index contributed by atoms with van der Waals surface area (Å²) in [7, 11) is 1.45. The number of nitro groups is 1. The molecular weight excluding hydrogens is 290 g/mol. The van der Waals surface area contributed by atoms with Crippen molar-refractivity contribution in [3.05, 3.63) is 51.3 Å². The minimum absolute atomic E-state index is 0.151. The summed E-state index contributed by atoms with van der Waals surface area (Å²) < 4.78 is 1.15. The number of carbonyl (C=O) groups excluding carboxylic acids is 2. The number of rotatable bonds is 4. The zero-order valence-electron chi connectivity index (χ0n) is 11.9. The normalized spacial score (nSPS) is 10.3. The smallest absolute Gasteiger partial charge is 0.322 e. The second-order valence-electron chi connectivity index (χ2n) is 4.56. The molecule has 0 saturated heterocycles. The lowest BCUT2D eigenvalue weighted by Crippen LogP contribution is -2.18. The van der Waals surface area contributed by atoms with E-state index in [0.717, 1.165) is 4.68 Å². The summed E-state index contributed by atoms with van der Waals surface area (Å²) in [5.41, 5.74) is 5.45. The first-order chi connectivity index (χ1) is 10.3. The summed E-state index contributed by atoms with van der Waals surface area (Å²) in [6.45, 7) is 1.45. The van der Waals surface area contributed by atoms with Gasteiger partial charge < -0.3 is 11.1 Å². The maximum atomic E-state index is 12.2. The van der Waals surface area contributed by atoms with Crippen LogP contribution in [0.1, 0.15) is 26.5 Å². The minimum Gasteiger partial charge on any atom is -0.366 e. The molecule has 0 aliphatic rings. The summed E-state index contributed by atoms with van der Waals surface area (Å²) in [6.07, 6.45) is 0. The Morgan fingerprint density at radius 1 is 1.32 bits per heavy atom. The van der Waals surface area contributed by atoms with Crippen LogP contribution in [-0.2, 0) is 7.05 Å². The van der Waals surface area contributed by atoms with Gasteiger partial charge in [-0.15, -0.1) is 0 Å². The zero-order valence-corrected chi connectivity index (χ0v) is 11.9. The highest BCUT2D eigenvalue weighted by atomic mass is 16.6. The van der Waals surface area contributed by atoms with Gasteiger partial charge >= 0.3 is 5.69 Å². The summed E-state index contributed by atoms with van der Waals surface area (Å²) in [4.78, 5) is 33.6. The van der Waals surface area contributed by atoms with E-state index in [1.807, 2.05) is 0 Å². The summed E-state index contributed by atoms with van der Waals surface area (Å²) in [5.74, 6) is -1.25. The van der Waals surface area contributed by atoms with E-state index in [4.69, 9.17) is 5.73 Å². The number of aromatic nitrogens is 2. The average molecular weight is 303 g/mol. The number of benzene rings is 1. The molecule has 0 atom stereocenters. The number of anilines is 1. The highest BCUT2D eigenvalue weighted by molar-refractivity contribution is 6.06. The maximum Gasteiger partial charge on any atom is 0.322 e. The van der Waals surface area contributed by atoms with Gasteiger partial charge in [0, 0.05) is 18.3 Å². The third-order valence-corrected chi connectivity index (χ3v) is 3.02. The largest absolute Gasteiger partial charge is 0.366 e. The number of hydrogen-bond donors (Lipinski definition) is 2. The molecule has 2 aromatic rings. The number of primary amides is 1. The third-order valence-electron chi connectivity index (χ3n) is 3.02. The number of nitrogens with one attached hydrogen (secondary N) is 1. The van der Waals surface area contributed by atoms with Crippen LogP contribution >= 0.6 is 0 Å². The van der Waals surface area contributed by atoms with Crippen molar-refractivity contribution in [2.75, 3.05) is 5.32 Å². The number of hydrogen-bond acceptors (Lipinski definition) is 5. The molecule has 2 rings (SSSR count). The second kappa shape index (κ2) is 5.64. The van der Waals surface area contributed by atoms with Gasteiger partial charge in [0.05, 0.1) is 4.92 Å². The predicted molar refractivity (Wildman–Crippen MR) is 77.5 cm³/mol. The van der Waals surface area contributed by atoms with Gasteiger partial charge in [-0.3, -0.25) is 24.4 Å². The fraction of sp³-hybridized carbons (Fsp3) is 0.154. The van der Waals surface area contributed by atoms with E-state index in [2.05, 4.69) is 10.4 Å². The van der Waals surface area contributed by atoms with Crippen molar-refractivity contribution >= 4 is 23.2 Å². The molecule has 0 spiro atoms. The molecule has 0 aliphatic heterocycles. The van der Waals surface area contributed by atoms with Gasteiger partial charge in [-0.25, -0.2) is 0 Å². The number of aryl methyl sites for hydroxylation is 2. The number of amides is 2. The highest BCUT2D eigenvalue weighted by Crippen LogP contribution is 2.23. The Hall–Kier alpha value is -3.23. The summed E-state index contributed by atoms with van der Waals surface area (Å²) in [6, 6.07) is 5.85. The first kappa shape index (κ1) is 15.2. The number of nitrogens with zero attached hydrogens (tertiary/aromatic N) is 3. The van der Waals surface area contributed by atoms with E-state index >= 15 is 0 Å². The fourth-order valence-electron chi connectivity index (χ4n) is 2.03. The lowest BCUT2D eigenvalue weighted by Gasteiger charge is -2.05. The van der Waals surface area contributed by atoms with E-state index in [1.165, 1.54) is 38.2 Å². The Kier molecular flexibility index (Phi) is 3.89. The minimum atomic E-state index is -0.665. The van der Waals surface area contributed by atoms with Crippen LogP contribution in [0.25, 0.3) is 0 Å². The van der Waals surface area contributed by atoms with Crippen LogP contribution in [0.15, 0.2) is 24.3 Å². The van der Waals surface area contributed by atoms with E-state index in [0.29, 0.717) is 11.3 Å². The first-order valence-corrected chi connectivity index (χ1v) is 6.20. The molecule has 0 bridgehead atoms. The van der Waals surface area contributed by atoms with Crippen LogP contribution < -0.4 is 11.1 Å². The lowest BCUT2D eigenvalue weighted by molar-refractivity contribution is -0.385. The van der Waals surface area contributed by atoms with Crippen molar-refractivity contribution < 1.29 is 14.5 Å². The number of nitrogens with two attached hydrogens (primary N) is 1. The van der Waals surface area contributed by atoms with Crippen molar-refractivity contribution in [1.29, 1.82) is 0 Å². The van der Waals surface area contributed by atoms with Crippen LogP contribution in [0.4, 0.5) is 11.4 Å². The molecule has 3 N–H and O–H groups in total. The molecule has 22 heavy (non-hydrogen) atoms. The molecule has 9 nitrogen and oxygen atoms in total. The maximum absolute atomic E-state index is 12.2. The topological polar surface area (TPSA) is 133 Å². The Morgan fingerprint density at radius 3 is 2.41 bits per heavy atom. The molecule has 0 radical (unpaired) electrons. The monoisotopic (exact) mass is 303 g/mol. The van der Waals surface area contributed by atoms with Crippen LogP contribution in [0.5, 0.6) is 0 Å². The molecule has 9 heteroatoms. The molecule has 0 unspecified atom stereocenters. The number of carbonyl (C=O) groups is 2. The molecule has 2 amide bonds. The van der Waals surface area contributed by atoms with E-state index < -0.39 is 16.7 Å². The van der Waals surface area contributed by atoms with Crippen molar-refractivity contribution in [3.63, 3.8) is 0 Å². The fourth-order valence-corrected chi connectivity index (χ4v) is 2.03. The third kappa shape index (κ3) is 2.77. The molecule has 1 heterocycles. The Labute approximate surface area is 124 Å². The average Bonchev–Trinajstić information content (AvgIpc) is 2.74. The highest BCUT2D eigenvalue weighted by Gasteiger charge is 2.29. The molecular formula is C13H13N5O4. The van der Waals surface area contributed by atoms with Crippen LogP contribution in [-0.4, -0.2) is 26.5 Å². The summed E-state index contributed by atoms with van der Waals surface area (Å²) in [5, 5.41) is 17.5. The Bertz CT molecular complexity index is 763. The first-order valence-electron chi connectivity index (χ1n) is 6.20. The molecule has 0 aliphatic carbocycles. The van der Waals surface area contributed by atoms with Gasteiger partial charge in [0.25, 0.3) is 5.91 Å². The van der Waals surface area contributed by atoms with Gasteiger partial charge in [0.2, 0.25) is 11.6 Å². The van der Waals surface area contributed by atoms with Crippen LogP contribution in [0.2, 0.25) is 0 Å². The van der Waals surface area contributed by atoms with Crippen molar-refractivity contribution in [3.8, 4) is 0 Å². The van der Waals surface area contributed by atoms with Crippen molar-refractivity contribution in [1.82, 2.24) is 9.78 Å². The SMILES string of the molecule is Cc1nn(C)c(C(=O)Nc2ccc(C(N)=O)cc2)c1[N+](=O)[O-]. The van der Waals surface area contributed by atoms with Crippen LogP contribution in [0.3, 0.4) is 0 Å². The van der Waals surface area contributed by atoms with Crippen molar-refractivity contribution in [2.45, 2.75) is 6.92 Å². The summed E-state index contributed by atoms with van der Waals surface area (Å²) >= 11 is 0. The molecule has 114 valence electrons. The molecule has 0 saturated carbocycles. The predicted octanol–water partition coefficient (Wildman–Crippen LogP) is 0.988. The quantitative estimate of drug-likeness (QED) is 0.641. The van der Waals surface area contributed by atoms with E-state index in [9.17, 15) is 19.7 Å². The lowest BCUT2D eigenvalue weighted by atomic mass is 10.2. The standard InChI is InChI=1S/C13H13N5O4/c1-7-10(18(21)22)11(17(2)16-7)13(20)15-9-5-3-8(4-6-9)12(14)19/h3-6H,1-2H3,(H2,14,19)(H,15,20). The van der Waals surface area contributed by atoms with Gasteiger partial charge in [-0.05, 0) is 31.2 Å². The van der Waals surface area contributed by atoms with Gasteiger partial charge in [-0.2, -0.15) is 5.10 Å². The molecule has 1 aromatic heterocycles.